The first-order valence-corrected chi connectivity index (χ1v) is 4.41. The monoisotopic (exact) mass is 197 g/mol. The largest absolute Gasteiger partial charge is 0.366 e. The molecule has 0 aromatic carbocycles. The molecule has 68 valence electrons. The van der Waals surface area contributed by atoms with Crippen molar-refractivity contribution in [2.24, 2.45) is 0 Å². The van der Waals surface area contributed by atoms with E-state index in [2.05, 4.69) is 19.9 Å². The highest BCUT2D eigenvalue weighted by atomic mass is 32.1. The Morgan fingerprint density at radius 1 is 1.46 bits per heavy atom. The quantitative estimate of drug-likeness (QED) is 0.699. The molecule has 0 aliphatic rings. The van der Waals surface area contributed by atoms with Crippen LogP contribution in [0.25, 0.3) is 5.00 Å². The molecule has 6 nitrogen and oxygen atoms in total. The Morgan fingerprint density at radius 3 is 2.69 bits per heavy atom. The third kappa shape index (κ3) is 1.17. The third-order valence-corrected chi connectivity index (χ3v) is 2.81. The third-order valence-electron chi connectivity index (χ3n) is 1.80. The van der Waals surface area contributed by atoms with E-state index in [4.69, 9.17) is 0 Å². The van der Waals surface area contributed by atoms with Gasteiger partial charge in [-0.15, -0.1) is 4.68 Å². The maximum Gasteiger partial charge on any atom is 0.366 e. The van der Waals surface area contributed by atoms with Crippen LogP contribution in [0.4, 0.5) is 0 Å². The molecular weight excluding hydrogens is 190 g/mol. The molecule has 0 amide bonds. The van der Waals surface area contributed by atoms with Crippen molar-refractivity contribution >= 4 is 11.5 Å². The fraction of sp³-hybridized carbons (Fsp3) is 0.333. The predicted molar refractivity (Wildman–Crippen MR) is 47.1 cm³/mol. The standard InChI is InChI=1S/C6H7N5OS/c1-3-4(2)8-13-5(3)11-6(12)7-9-10-11/h1-2H3,(H,7,10,12). The summed E-state index contributed by atoms with van der Waals surface area (Å²) in [5.41, 5.74) is 1.53. The van der Waals surface area contributed by atoms with Crippen molar-refractivity contribution < 1.29 is 0 Å². The van der Waals surface area contributed by atoms with Crippen LogP contribution in [0.2, 0.25) is 0 Å². The number of rotatable bonds is 1. The summed E-state index contributed by atoms with van der Waals surface area (Å²) < 4.78 is 5.32. The lowest BCUT2D eigenvalue weighted by atomic mass is 10.3. The Bertz CT molecular complexity index is 481. The predicted octanol–water partition coefficient (Wildman–Crippen LogP) is 0.0289. The van der Waals surface area contributed by atoms with Crippen molar-refractivity contribution in [3.8, 4) is 5.00 Å². The van der Waals surface area contributed by atoms with Crippen LogP contribution in [0.3, 0.4) is 0 Å². The molecule has 0 spiro atoms. The first-order valence-electron chi connectivity index (χ1n) is 3.64. The minimum atomic E-state index is -0.341. The van der Waals surface area contributed by atoms with E-state index >= 15 is 0 Å². The number of hydrogen-bond donors (Lipinski definition) is 1. The lowest BCUT2D eigenvalue weighted by Crippen LogP contribution is -2.15. The van der Waals surface area contributed by atoms with Gasteiger partial charge in [-0.1, -0.05) is 0 Å². The molecule has 0 saturated carbocycles. The van der Waals surface area contributed by atoms with E-state index in [9.17, 15) is 4.79 Å². The molecule has 2 aromatic heterocycles. The molecule has 13 heavy (non-hydrogen) atoms. The molecule has 0 aliphatic carbocycles. The topological polar surface area (TPSA) is 76.5 Å². The Morgan fingerprint density at radius 2 is 2.23 bits per heavy atom. The Balaban J connectivity index is 2.66. The second kappa shape index (κ2) is 2.77. The first-order chi connectivity index (χ1) is 6.20. The molecule has 0 radical (unpaired) electrons. The zero-order valence-corrected chi connectivity index (χ0v) is 7.92. The summed E-state index contributed by atoms with van der Waals surface area (Å²) in [6, 6.07) is 0. The van der Waals surface area contributed by atoms with Crippen molar-refractivity contribution in [1.29, 1.82) is 0 Å². The molecule has 0 aliphatic heterocycles. The van der Waals surface area contributed by atoms with Crippen molar-refractivity contribution in [2.75, 3.05) is 0 Å². The van der Waals surface area contributed by atoms with E-state index in [-0.39, 0.29) is 5.69 Å². The molecule has 0 fully saturated rings. The summed E-state index contributed by atoms with van der Waals surface area (Å²) in [4.78, 5) is 11.1. The SMILES string of the molecule is Cc1nsc(-n2nn[nH]c2=O)c1C. The number of tetrazole rings is 1. The Kier molecular flexibility index (Phi) is 1.73. The molecule has 7 heteroatoms. The highest BCUT2D eigenvalue weighted by Gasteiger charge is 2.11. The second-order valence-electron chi connectivity index (χ2n) is 2.62. The van der Waals surface area contributed by atoms with Gasteiger partial charge in [0.1, 0.15) is 5.00 Å². The number of aromatic amines is 1. The molecule has 2 rings (SSSR count). The van der Waals surface area contributed by atoms with Crippen molar-refractivity contribution in [3.05, 3.63) is 21.7 Å². The van der Waals surface area contributed by atoms with Gasteiger partial charge in [0, 0.05) is 5.56 Å². The fourth-order valence-corrected chi connectivity index (χ4v) is 1.77. The Labute approximate surface area is 77.4 Å². The van der Waals surface area contributed by atoms with E-state index in [1.165, 1.54) is 16.2 Å². The molecule has 1 N–H and O–H groups in total. The van der Waals surface area contributed by atoms with Gasteiger partial charge in [0.05, 0.1) is 5.69 Å². The van der Waals surface area contributed by atoms with Gasteiger partial charge in [0.25, 0.3) is 0 Å². The minimum Gasteiger partial charge on any atom is -0.244 e. The summed E-state index contributed by atoms with van der Waals surface area (Å²) in [6.07, 6.45) is 0. The van der Waals surface area contributed by atoms with Gasteiger partial charge < -0.3 is 0 Å². The van der Waals surface area contributed by atoms with E-state index in [0.717, 1.165) is 16.3 Å². The van der Waals surface area contributed by atoms with E-state index < -0.39 is 0 Å². The number of nitrogens with one attached hydrogen (secondary N) is 1. The zero-order valence-electron chi connectivity index (χ0n) is 7.11. The number of aromatic nitrogens is 5. The van der Waals surface area contributed by atoms with Gasteiger partial charge in [-0.2, -0.15) is 4.37 Å². The summed E-state index contributed by atoms with van der Waals surface area (Å²) >= 11 is 1.24. The number of aryl methyl sites for hydroxylation is 1. The van der Waals surface area contributed by atoms with Crippen LogP contribution in [0.1, 0.15) is 11.3 Å². The van der Waals surface area contributed by atoms with Crippen LogP contribution in [-0.2, 0) is 0 Å². The van der Waals surface area contributed by atoms with Crippen molar-refractivity contribution in [1.82, 2.24) is 24.6 Å². The average molecular weight is 197 g/mol. The van der Waals surface area contributed by atoms with Crippen LogP contribution < -0.4 is 5.69 Å². The van der Waals surface area contributed by atoms with Crippen LogP contribution in [-0.4, -0.2) is 24.6 Å². The van der Waals surface area contributed by atoms with Gasteiger partial charge in [0.15, 0.2) is 0 Å². The molecule has 0 saturated heterocycles. The summed E-state index contributed by atoms with van der Waals surface area (Å²) in [7, 11) is 0. The van der Waals surface area contributed by atoms with Gasteiger partial charge in [-0.05, 0) is 35.8 Å². The molecule has 0 atom stereocenters. The summed E-state index contributed by atoms with van der Waals surface area (Å²) in [5, 5.41) is 9.98. The maximum atomic E-state index is 11.1. The van der Waals surface area contributed by atoms with Gasteiger partial charge >= 0.3 is 5.69 Å². The van der Waals surface area contributed by atoms with E-state index in [1.54, 1.807) is 0 Å². The van der Waals surface area contributed by atoms with Crippen molar-refractivity contribution in [3.63, 3.8) is 0 Å². The van der Waals surface area contributed by atoms with Gasteiger partial charge in [-0.25, -0.2) is 9.89 Å². The minimum absolute atomic E-state index is 0.341. The number of hydrogen-bond acceptors (Lipinski definition) is 5. The lowest BCUT2D eigenvalue weighted by Gasteiger charge is -1.92. The zero-order chi connectivity index (χ0) is 9.42. The Hall–Kier alpha value is -1.50. The van der Waals surface area contributed by atoms with Crippen LogP contribution in [0.5, 0.6) is 0 Å². The second-order valence-corrected chi connectivity index (χ2v) is 3.37. The summed E-state index contributed by atoms with van der Waals surface area (Å²) in [5.74, 6) is 0. The van der Waals surface area contributed by atoms with Gasteiger partial charge in [0.2, 0.25) is 0 Å². The number of H-pyrrole nitrogens is 1. The van der Waals surface area contributed by atoms with E-state index in [0.29, 0.717) is 0 Å². The van der Waals surface area contributed by atoms with Crippen LogP contribution >= 0.6 is 11.5 Å². The molecule has 0 unspecified atom stereocenters. The van der Waals surface area contributed by atoms with Crippen molar-refractivity contribution in [2.45, 2.75) is 13.8 Å². The highest BCUT2D eigenvalue weighted by molar-refractivity contribution is 7.08. The molecule has 2 heterocycles. The van der Waals surface area contributed by atoms with Crippen LogP contribution in [0.15, 0.2) is 4.79 Å². The molecular formula is C6H7N5OS. The van der Waals surface area contributed by atoms with Gasteiger partial charge in [-0.3, -0.25) is 0 Å². The lowest BCUT2D eigenvalue weighted by molar-refractivity contribution is 0.786. The average Bonchev–Trinajstić information content (AvgIpc) is 2.62. The summed E-state index contributed by atoms with van der Waals surface area (Å²) in [6.45, 7) is 3.79. The smallest absolute Gasteiger partial charge is 0.244 e. The molecule has 0 bridgehead atoms. The highest BCUT2D eigenvalue weighted by Crippen LogP contribution is 2.18. The fourth-order valence-electron chi connectivity index (χ4n) is 0.932. The van der Waals surface area contributed by atoms with E-state index in [1.807, 2.05) is 13.8 Å². The molecule has 2 aromatic rings. The normalized spacial score (nSPS) is 10.6. The number of nitrogens with zero attached hydrogens (tertiary/aromatic N) is 4. The maximum absolute atomic E-state index is 11.1. The van der Waals surface area contributed by atoms with Crippen LogP contribution in [0, 0.1) is 13.8 Å². The first kappa shape index (κ1) is 8.11.